The van der Waals surface area contributed by atoms with Crippen LogP contribution >= 0.6 is 0 Å². The normalized spacial score (nSPS) is 15.7. The molecule has 1 fully saturated rings. The minimum atomic E-state index is -1.13. The Labute approximate surface area is 261 Å². The largest absolute Gasteiger partial charge is 0.539 e. The lowest BCUT2D eigenvalue weighted by atomic mass is 10.2. The predicted molar refractivity (Wildman–Crippen MR) is 162 cm³/mol. The van der Waals surface area contributed by atoms with Crippen LogP contribution in [0.2, 0.25) is 0 Å². The van der Waals surface area contributed by atoms with Crippen LogP contribution in [0.5, 0.6) is 17.2 Å². The molecule has 0 saturated carbocycles. The third kappa shape index (κ3) is 10.5. The van der Waals surface area contributed by atoms with E-state index in [1.807, 2.05) is 0 Å². The first kappa shape index (κ1) is 32.7. The predicted octanol–water partition coefficient (Wildman–Crippen LogP) is 7.00. The molecule has 45 heavy (non-hydrogen) atoms. The van der Waals surface area contributed by atoms with E-state index < -0.39 is 30.0 Å². The molecule has 0 aliphatic carbocycles. The Morgan fingerprint density at radius 1 is 0.867 bits per heavy atom. The minimum absolute atomic E-state index is 0.0813. The number of nitrogens with zero attached hydrogens (tertiary/aromatic N) is 2. The lowest BCUT2D eigenvalue weighted by molar-refractivity contribution is -0.0880. The number of ether oxygens (including phenoxy) is 4. The summed E-state index contributed by atoms with van der Waals surface area (Å²) in [5.41, 5.74) is -0.731. The number of halogens is 1. The molecule has 3 aromatic rings. The number of hydroxylamine groups is 2. The highest BCUT2D eigenvalue weighted by molar-refractivity contribution is 5.72. The molecular formula is C34H35FN2O8. The van der Waals surface area contributed by atoms with E-state index in [-0.39, 0.29) is 42.9 Å². The van der Waals surface area contributed by atoms with Gasteiger partial charge in [0.2, 0.25) is 0 Å². The lowest BCUT2D eigenvalue weighted by Gasteiger charge is -2.30. The van der Waals surface area contributed by atoms with Gasteiger partial charge in [0, 0.05) is 6.42 Å². The number of hydrogen-bond donors (Lipinski definition) is 0. The minimum Gasteiger partial charge on any atom is -0.491 e. The van der Waals surface area contributed by atoms with E-state index in [0.29, 0.717) is 18.6 Å². The number of para-hydroxylation sites is 2. The molecule has 0 radical (unpaired) electrons. The summed E-state index contributed by atoms with van der Waals surface area (Å²) in [7, 11) is 0. The van der Waals surface area contributed by atoms with Crippen LogP contribution in [0.15, 0.2) is 84.9 Å². The first-order valence-corrected chi connectivity index (χ1v) is 14.4. The zero-order valence-corrected chi connectivity index (χ0v) is 25.3. The van der Waals surface area contributed by atoms with Crippen molar-refractivity contribution in [2.45, 2.75) is 57.7 Å². The fourth-order valence-electron chi connectivity index (χ4n) is 4.36. The fraction of sp³-hybridized carbons (Fsp3) is 0.324. The van der Waals surface area contributed by atoms with Gasteiger partial charge in [0.15, 0.2) is 0 Å². The van der Waals surface area contributed by atoms with E-state index in [1.54, 1.807) is 86.3 Å². The molecule has 2 amide bonds. The van der Waals surface area contributed by atoms with Crippen molar-refractivity contribution < 1.29 is 42.6 Å². The Hall–Kier alpha value is -5.24. The lowest BCUT2D eigenvalue weighted by Crippen LogP contribution is -2.46. The van der Waals surface area contributed by atoms with Gasteiger partial charge in [-0.05, 0) is 82.1 Å². The van der Waals surface area contributed by atoms with Crippen molar-refractivity contribution in [2.24, 2.45) is 0 Å². The van der Waals surface area contributed by atoms with Gasteiger partial charge in [-0.15, -0.1) is 5.06 Å². The molecule has 4 rings (SSSR count). The summed E-state index contributed by atoms with van der Waals surface area (Å²) in [6.07, 6.45) is -1.37. The first-order valence-electron chi connectivity index (χ1n) is 14.4. The third-order valence-corrected chi connectivity index (χ3v) is 6.35. The van der Waals surface area contributed by atoms with Crippen molar-refractivity contribution in [2.75, 3.05) is 13.2 Å². The number of carbonyl (C=O) groups excluding carboxylic acids is 3. The van der Waals surface area contributed by atoms with Crippen LogP contribution in [0, 0.1) is 17.7 Å². The molecule has 0 N–H and O–H groups in total. The average Bonchev–Trinajstić information content (AvgIpc) is 3.41. The second-order valence-electron chi connectivity index (χ2n) is 11.0. The van der Waals surface area contributed by atoms with E-state index in [4.69, 9.17) is 23.8 Å². The summed E-state index contributed by atoms with van der Waals surface area (Å²) >= 11 is 0. The van der Waals surface area contributed by atoms with Crippen molar-refractivity contribution in [3.63, 3.8) is 0 Å². The summed E-state index contributed by atoms with van der Waals surface area (Å²) < 4.78 is 35.3. The topological polar surface area (TPSA) is 104 Å². The van der Waals surface area contributed by atoms with Gasteiger partial charge in [0.05, 0.1) is 18.6 Å². The Kier molecular flexibility index (Phi) is 11.2. The maximum absolute atomic E-state index is 13.3. The van der Waals surface area contributed by atoms with Gasteiger partial charge in [-0.3, -0.25) is 9.74 Å². The van der Waals surface area contributed by atoms with E-state index in [0.717, 1.165) is 5.06 Å². The Morgan fingerprint density at radius 2 is 1.49 bits per heavy atom. The van der Waals surface area contributed by atoms with E-state index in [9.17, 15) is 18.8 Å². The molecule has 10 nitrogen and oxygen atoms in total. The average molecular weight is 619 g/mol. The molecule has 3 aromatic carbocycles. The van der Waals surface area contributed by atoms with Crippen LogP contribution in [0.1, 0.15) is 40.0 Å². The van der Waals surface area contributed by atoms with Crippen molar-refractivity contribution in [3.8, 4) is 29.1 Å². The number of rotatable bonds is 7. The number of amides is 2. The number of likely N-dealkylation sites (tertiary alicyclic amines) is 1. The highest BCUT2D eigenvalue weighted by Crippen LogP contribution is 2.27. The van der Waals surface area contributed by atoms with Crippen LogP contribution < -0.4 is 14.2 Å². The Bertz CT molecular complexity index is 1480. The van der Waals surface area contributed by atoms with Gasteiger partial charge >= 0.3 is 18.3 Å². The zero-order valence-electron chi connectivity index (χ0n) is 25.3. The van der Waals surface area contributed by atoms with Crippen molar-refractivity contribution in [1.82, 2.24) is 9.96 Å². The van der Waals surface area contributed by atoms with Gasteiger partial charge in [-0.2, -0.15) is 0 Å². The second-order valence-corrected chi connectivity index (χ2v) is 11.0. The molecule has 1 saturated heterocycles. The van der Waals surface area contributed by atoms with Crippen LogP contribution in [0.4, 0.5) is 18.8 Å². The quantitative estimate of drug-likeness (QED) is 0.121. The van der Waals surface area contributed by atoms with Crippen LogP contribution in [-0.4, -0.2) is 59.1 Å². The van der Waals surface area contributed by atoms with Crippen LogP contribution in [-0.2, 0) is 9.57 Å². The van der Waals surface area contributed by atoms with E-state index >= 15 is 0 Å². The molecule has 1 aliphatic rings. The molecule has 2 atom stereocenters. The summed E-state index contributed by atoms with van der Waals surface area (Å²) in [5.74, 6) is 6.67. The number of carbonyl (C=O) groups is 3. The van der Waals surface area contributed by atoms with Crippen LogP contribution in [0.25, 0.3) is 0 Å². The van der Waals surface area contributed by atoms with Crippen molar-refractivity contribution in [1.29, 1.82) is 0 Å². The SMILES string of the molecule is CC(C)(C)OC(=O)N1[C@H](COc2ccc(F)cc2)CC[C@H]1C#CCCN(OC(=O)Oc1ccccc1)C(=O)Oc1ccccc1. The fourth-order valence-corrected chi connectivity index (χ4v) is 4.36. The third-order valence-electron chi connectivity index (χ3n) is 6.35. The number of benzene rings is 3. The Morgan fingerprint density at radius 3 is 2.11 bits per heavy atom. The van der Waals surface area contributed by atoms with E-state index in [2.05, 4.69) is 11.8 Å². The summed E-state index contributed by atoms with van der Waals surface area (Å²) in [4.78, 5) is 45.3. The Balaban J connectivity index is 1.42. The summed E-state index contributed by atoms with van der Waals surface area (Å²) in [5, 5.41) is 0.729. The molecular weight excluding hydrogens is 583 g/mol. The van der Waals surface area contributed by atoms with Gasteiger partial charge < -0.3 is 18.9 Å². The van der Waals surface area contributed by atoms with Gasteiger partial charge in [-0.25, -0.2) is 18.8 Å². The first-order chi connectivity index (χ1) is 21.6. The highest BCUT2D eigenvalue weighted by atomic mass is 19.1. The second kappa shape index (κ2) is 15.5. The molecule has 236 valence electrons. The highest BCUT2D eigenvalue weighted by Gasteiger charge is 2.39. The van der Waals surface area contributed by atoms with Crippen LogP contribution in [0.3, 0.4) is 0 Å². The summed E-state index contributed by atoms with van der Waals surface area (Å²) in [6, 6.07) is 21.4. The van der Waals surface area contributed by atoms with Gasteiger partial charge in [-0.1, -0.05) is 48.2 Å². The maximum atomic E-state index is 13.3. The van der Waals surface area contributed by atoms with Crippen molar-refractivity contribution >= 4 is 18.3 Å². The molecule has 1 heterocycles. The smallest absolute Gasteiger partial charge is 0.491 e. The standard InChI is InChI=1S/C34H35FN2O8/c1-34(2,3)44-32(39)37-26(19-20-27(37)24-41-28-21-17-25(35)18-22-28)12-10-11-23-36(31(38)42-29-13-6-4-7-14-29)45-33(40)43-30-15-8-5-9-16-30/h4-9,13-18,21-22,26-27H,11,19-20,23-24H2,1-3H3/t26-,27+/m1/s1. The number of hydrogen-bond acceptors (Lipinski definition) is 8. The van der Waals surface area contributed by atoms with Crippen molar-refractivity contribution in [3.05, 3.63) is 90.7 Å². The molecule has 0 aromatic heterocycles. The maximum Gasteiger partial charge on any atom is 0.539 e. The van der Waals surface area contributed by atoms with Gasteiger partial charge in [0.25, 0.3) is 0 Å². The molecule has 0 spiro atoms. The summed E-state index contributed by atoms with van der Waals surface area (Å²) in [6.45, 7) is 5.35. The molecule has 11 heteroatoms. The van der Waals surface area contributed by atoms with Gasteiger partial charge in [0.1, 0.15) is 35.3 Å². The zero-order chi connectivity index (χ0) is 32.2. The van der Waals surface area contributed by atoms with E-state index in [1.165, 1.54) is 24.3 Å². The molecule has 0 unspecified atom stereocenters. The molecule has 0 bridgehead atoms. The molecule has 1 aliphatic heterocycles. The monoisotopic (exact) mass is 618 g/mol.